The second-order valence-electron chi connectivity index (χ2n) is 7.32. The number of nitrogens with one attached hydrogen (secondary N) is 1. The quantitative estimate of drug-likeness (QED) is 0.611. The average Bonchev–Trinajstić information content (AvgIpc) is 2.68. The Morgan fingerprint density at radius 3 is 2.28 bits per heavy atom. The van der Waals surface area contributed by atoms with Crippen LogP contribution in [0.3, 0.4) is 0 Å². The summed E-state index contributed by atoms with van der Waals surface area (Å²) in [6.45, 7) is 13.4. The van der Waals surface area contributed by atoms with Crippen LogP contribution in [0.4, 0.5) is 0 Å². The first kappa shape index (κ1) is 22.6. The minimum atomic E-state index is -0.594. The lowest BCUT2D eigenvalue weighted by Crippen LogP contribution is -2.36. The lowest BCUT2D eigenvalue weighted by molar-refractivity contribution is -0.127. The second-order valence-corrected chi connectivity index (χ2v) is 7.32. The topological polar surface area (TPSA) is 56.8 Å². The molecular weight excluding hydrogens is 366 g/mol. The van der Waals surface area contributed by atoms with Crippen molar-refractivity contribution < 1.29 is 19.0 Å². The monoisotopic (exact) mass is 399 g/mol. The van der Waals surface area contributed by atoms with E-state index >= 15 is 0 Å². The predicted molar refractivity (Wildman–Crippen MR) is 116 cm³/mol. The molecule has 0 heterocycles. The lowest BCUT2D eigenvalue weighted by Gasteiger charge is -2.19. The second kappa shape index (κ2) is 10.7. The molecule has 0 aliphatic rings. The standard InChI is InChI=1S/C24H33NO4/c1-7-27-21-12-10-19(14-23(21)28-8-2)15-25-24(26)18(6)29-22-13-17(5)9-11-20(22)16(3)4/h9-14,16,18H,7-8,15H2,1-6H3,(H,25,26)/t18-/m0/s1. The maximum Gasteiger partial charge on any atom is 0.261 e. The molecule has 0 aromatic heterocycles. The number of hydrogen-bond donors (Lipinski definition) is 1. The zero-order chi connectivity index (χ0) is 21.4. The van der Waals surface area contributed by atoms with Gasteiger partial charge in [-0.05, 0) is 68.5 Å². The van der Waals surface area contributed by atoms with Crippen molar-refractivity contribution in [3.8, 4) is 17.2 Å². The van der Waals surface area contributed by atoms with Gasteiger partial charge in [0.25, 0.3) is 5.91 Å². The minimum Gasteiger partial charge on any atom is -0.490 e. The van der Waals surface area contributed by atoms with Crippen molar-refractivity contribution in [1.29, 1.82) is 0 Å². The van der Waals surface area contributed by atoms with E-state index in [1.807, 2.05) is 45.0 Å². The Kier molecular flexibility index (Phi) is 8.37. The van der Waals surface area contributed by atoms with E-state index in [0.29, 0.717) is 37.2 Å². The highest BCUT2D eigenvalue weighted by Gasteiger charge is 2.18. The van der Waals surface area contributed by atoms with E-state index in [0.717, 1.165) is 22.4 Å². The number of carbonyl (C=O) groups excluding carboxylic acids is 1. The highest BCUT2D eigenvalue weighted by Crippen LogP contribution is 2.29. The zero-order valence-corrected chi connectivity index (χ0v) is 18.4. The number of aryl methyl sites for hydroxylation is 1. The molecule has 5 heteroatoms. The summed E-state index contributed by atoms with van der Waals surface area (Å²) in [7, 11) is 0. The molecule has 2 aromatic carbocycles. The van der Waals surface area contributed by atoms with Crippen molar-refractivity contribution in [3.05, 3.63) is 53.1 Å². The van der Waals surface area contributed by atoms with E-state index in [1.54, 1.807) is 6.92 Å². The van der Waals surface area contributed by atoms with Gasteiger partial charge in [0.05, 0.1) is 13.2 Å². The fourth-order valence-electron chi connectivity index (χ4n) is 3.00. The average molecular weight is 400 g/mol. The first-order chi connectivity index (χ1) is 13.8. The SMILES string of the molecule is CCOc1ccc(CNC(=O)[C@H](C)Oc2cc(C)ccc2C(C)C)cc1OCC. The molecule has 0 fully saturated rings. The summed E-state index contributed by atoms with van der Waals surface area (Å²) in [5.74, 6) is 2.32. The highest BCUT2D eigenvalue weighted by molar-refractivity contribution is 5.80. The van der Waals surface area contributed by atoms with Crippen molar-refractivity contribution in [3.63, 3.8) is 0 Å². The molecule has 1 N–H and O–H groups in total. The molecule has 0 aliphatic heterocycles. The number of amides is 1. The first-order valence-electron chi connectivity index (χ1n) is 10.3. The molecule has 2 aromatic rings. The van der Waals surface area contributed by atoms with Crippen LogP contribution in [-0.2, 0) is 11.3 Å². The van der Waals surface area contributed by atoms with E-state index in [-0.39, 0.29) is 5.91 Å². The predicted octanol–water partition coefficient (Wildman–Crippen LogP) is 5.00. The third kappa shape index (κ3) is 6.41. The minimum absolute atomic E-state index is 0.159. The number of ether oxygens (including phenoxy) is 3. The molecule has 2 rings (SSSR count). The van der Waals surface area contributed by atoms with Gasteiger partial charge in [0.1, 0.15) is 5.75 Å². The summed E-state index contributed by atoms with van der Waals surface area (Å²) in [5.41, 5.74) is 3.15. The Labute approximate surface area is 174 Å². The fraction of sp³-hybridized carbons (Fsp3) is 0.458. The molecule has 0 aliphatic carbocycles. The Morgan fingerprint density at radius 2 is 1.62 bits per heavy atom. The molecule has 0 unspecified atom stereocenters. The third-order valence-electron chi connectivity index (χ3n) is 4.54. The summed E-state index contributed by atoms with van der Waals surface area (Å²) in [6, 6.07) is 11.8. The number of hydrogen-bond acceptors (Lipinski definition) is 4. The fourth-order valence-corrected chi connectivity index (χ4v) is 3.00. The van der Waals surface area contributed by atoms with Gasteiger partial charge in [0.2, 0.25) is 0 Å². The van der Waals surface area contributed by atoms with Crippen molar-refractivity contribution >= 4 is 5.91 Å². The van der Waals surface area contributed by atoms with Crippen LogP contribution in [0.2, 0.25) is 0 Å². The molecule has 5 nitrogen and oxygen atoms in total. The van der Waals surface area contributed by atoms with Crippen molar-refractivity contribution in [2.24, 2.45) is 0 Å². The van der Waals surface area contributed by atoms with Crippen molar-refractivity contribution in [2.45, 2.75) is 60.1 Å². The van der Waals surface area contributed by atoms with Gasteiger partial charge in [-0.1, -0.05) is 32.0 Å². The van der Waals surface area contributed by atoms with Gasteiger partial charge in [-0.15, -0.1) is 0 Å². The molecule has 0 saturated heterocycles. The molecular formula is C24H33NO4. The van der Waals surface area contributed by atoms with Crippen molar-refractivity contribution in [1.82, 2.24) is 5.32 Å². The number of benzene rings is 2. The maximum absolute atomic E-state index is 12.6. The number of rotatable bonds is 10. The zero-order valence-electron chi connectivity index (χ0n) is 18.4. The summed E-state index contributed by atoms with van der Waals surface area (Å²) in [5, 5.41) is 2.94. The van der Waals surface area contributed by atoms with E-state index < -0.39 is 6.10 Å². The smallest absolute Gasteiger partial charge is 0.261 e. The molecule has 1 amide bonds. The summed E-state index contributed by atoms with van der Waals surface area (Å²) >= 11 is 0. The summed E-state index contributed by atoms with van der Waals surface area (Å²) < 4.78 is 17.2. The Hall–Kier alpha value is -2.69. The van der Waals surface area contributed by atoms with E-state index in [9.17, 15) is 4.79 Å². The molecule has 158 valence electrons. The van der Waals surface area contributed by atoms with Gasteiger partial charge in [-0.2, -0.15) is 0 Å². The summed E-state index contributed by atoms with van der Waals surface area (Å²) in [6.07, 6.45) is -0.594. The third-order valence-corrected chi connectivity index (χ3v) is 4.54. The molecule has 1 atom stereocenters. The van der Waals surface area contributed by atoms with E-state index in [4.69, 9.17) is 14.2 Å². The first-order valence-corrected chi connectivity index (χ1v) is 10.3. The molecule has 0 radical (unpaired) electrons. The molecule has 0 spiro atoms. The van der Waals surface area contributed by atoms with Crippen LogP contribution in [0.15, 0.2) is 36.4 Å². The Bertz CT molecular complexity index is 817. The normalized spacial score (nSPS) is 11.8. The highest BCUT2D eigenvalue weighted by atomic mass is 16.5. The summed E-state index contributed by atoms with van der Waals surface area (Å²) in [4.78, 5) is 12.6. The van der Waals surface area contributed by atoms with Gasteiger partial charge in [-0.25, -0.2) is 0 Å². The van der Waals surface area contributed by atoms with Gasteiger partial charge in [0.15, 0.2) is 17.6 Å². The maximum atomic E-state index is 12.6. The van der Waals surface area contributed by atoms with Gasteiger partial charge in [-0.3, -0.25) is 4.79 Å². The largest absolute Gasteiger partial charge is 0.490 e. The van der Waals surface area contributed by atoms with Crippen LogP contribution in [0.25, 0.3) is 0 Å². The van der Waals surface area contributed by atoms with Gasteiger partial charge in [0, 0.05) is 6.54 Å². The molecule has 0 bridgehead atoms. The van der Waals surface area contributed by atoms with Crippen LogP contribution < -0.4 is 19.5 Å². The lowest BCUT2D eigenvalue weighted by atomic mass is 10.0. The van der Waals surface area contributed by atoms with Crippen LogP contribution in [0.5, 0.6) is 17.2 Å². The molecule has 29 heavy (non-hydrogen) atoms. The van der Waals surface area contributed by atoms with Gasteiger partial charge >= 0.3 is 0 Å². The van der Waals surface area contributed by atoms with Crippen LogP contribution in [0.1, 0.15) is 57.2 Å². The Balaban J connectivity index is 2.02. The van der Waals surface area contributed by atoms with E-state index in [2.05, 4.69) is 31.3 Å². The van der Waals surface area contributed by atoms with Crippen molar-refractivity contribution in [2.75, 3.05) is 13.2 Å². The Morgan fingerprint density at radius 1 is 0.931 bits per heavy atom. The van der Waals surface area contributed by atoms with Crippen LogP contribution >= 0.6 is 0 Å². The van der Waals surface area contributed by atoms with Crippen LogP contribution in [-0.4, -0.2) is 25.2 Å². The molecule has 0 saturated carbocycles. The van der Waals surface area contributed by atoms with E-state index in [1.165, 1.54) is 0 Å². The number of carbonyl (C=O) groups is 1. The van der Waals surface area contributed by atoms with Gasteiger partial charge < -0.3 is 19.5 Å². The van der Waals surface area contributed by atoms with Crippen LogP contribution in [0, 0.1) is 6.92 Å².